The first-order valence-electron chi connectivity index (χ1n) is 7.72. The topological polar surface area (TPSA) is 67.9 Å². The molecule has 0 bridgehead atoms. The number of hydrogen-bond donors (Lipinski definition) is 1. The molecule has 23 heavy (non-hydrogen) atoms. The zero-order valence-electron chi connectivity index (χ0n) is 12.7. The van der Waals surface area contributed by atoms with Gasteiger partial charge in [0.05, 0.1) is 6.04 Å². The van der Waals surface area contributed by atoms with Crippen molar-refractivity contribution in [2.24, 2.45) is 0 Å². The van der Waals surface area contributed by atoms with E-state index < -0.39 is 0 Å². The summed E-state index contributed by atoms with van der Waals surface area (Å²) in [5, 5.41) is 2.89. The molecule has 0 spiro atoms. The number of amides is 2. The van der Waals surface area contributed by atoms with Crippen LogP contribution in [0, 0.1) is 0 Å². The number of anilines is 1. The average Bonchev–Trinajstić information content (AvgIpc) is 2.92. The van der Waals surface area contributed by atoms with Gasteiger partial charge >= 0.3 is 0 Å². The Hall–Kier alpha value is -1.95. The highest BCUT2D eigenvalue weighted by atomic mass is 35.5. The van der Waals surface area contributed by atoms with Gasteiger partial charge in [0.1, 0.15) is 13.2 Å². The number of benzene rings is 1. The molecule has 124 valence electrons. The van der Waals surface area contributed by atoms with Crippen molar-refractivity contribution >= 4 is 29.1 Å². The lowest BCUT2D eigenvalue weighted by Crippen LogP contribution is -2.37. The number of fused-ring (bicyclic) bond motifs is 1. The first-order valence-corrected chi connectivity index (χ1v) is 8.26. The molecule has 1 N–H and O–H groups in total. The van der Waals surface area contributed by atoms with Gasteiger partial charge in [-0.15, -0.1) is 11.6 Å². The number of halogens is 1. The molecule has 2 amide bonds. The summed E-state index contributed by atoms with van der Waals surface area (Å²) in [6, 6.07) is 5.29. The smallest absolute Gasteiger partial charge is 0.229 e. The Morgan fingerprint density at radius 3 is 2.87 bits per heavy atom. The van der Waals surface area contributed by atoms with Crippen molar-refractivity contribution in [1.82, 2.24) is 5.32 Å². The van der Waals surface area contributed by atoms with Gasteiger partial charge in [-0.2, -0.15) is 0 Å². The Morgan fingerprint density at radius 1 is 1.30 bits per heavy atom. The van der Waals surface area contributed by atoms with Gasteiger partial charge in [-0.1, -0.05) is 0 Å². The van der Waals surface area contributed by atoms with Crippen molar-refractivity contribution in [2.75, 3.05) is 30.5 Å². The number of nitrogens with one attached hydrogen (secondary N) is 1. The van der Waals surface area contributed by atoms with Crippen LogP contribution in [0.3, 0.4) is 0 Å². The fourth-order valence-corrected chi connectivity index (χ4v) is 2.91. The van der Waals surface area contributed by atoms with E-state index >= 15 is 0 Å². The maximum Gasteiger partial charge on any atom is 0.229 e. The predicted molar refractivity (Wildman–Crippen MR) is 86.3 cm³/mol. The van der Waals surface area contributed by atoms with Crippen LogP contribution >= 0.6 is 11.6 Å². The molecule has 0 aliphatic carbocycles. The summed E-state index contributed by atoms with van der Waals surface area (Å²) in [5.41, 5.74) is 0.761. The van der Waals surface area contributed by atoms with E-state index in [4.69, 9.17) is 21.1 Å². The summed E-state index contributed by atoms with van der Waals surface area (Å²) in [5.74, 6) is 1.73. The fourth-order valence-electron chi connectivity index (χ4n) is 2.78. The Kier molecular flexibility index (Phi) is 4.91. The maximum atomic E-state index is 12.2. The molecule has 1 fully saturated rings. The number of nitrogens with zero attached hydrogens (tertiary/aromatic N) is 1. The van der Waals surface area contributed by atoms with E-state index in [0.29, 0.717) is 56.4 Å². The van der Waals surface area contributed by atoms with Crippen LogP contribution in [0.1, 0.15) is 19.3 Å². The third-order valence-corrected chi connectivity index (χ3v) is 4.13. The normalized spacial score (nSPS) is 19.8. The quantitative estimate of drug-likeness (QED) is 0.830. The van der Waals surface area contributed by atoms with Crippen LogP contribution in [0.5, 0.6) is 11.5 Å². The summed E-state index contributed by atoms with van der Waals surface area (Å²) >= 11 is 5.58. The largest absolute Gasteiger partial charge is 0.486 e. The Morgan fingerprint density at radius 2 is 2.09 bits per heavy atom. The van der Waals surface area contributed by atoms with Gasteiger partial charge in [0, 0.05) is 37.0 Å². The second-order valence-corrected chi connectivity index (χ2v) is 5.97. The van der Waals surface area contributed by atoms with Crippen LogP contribution < -0.4 is 19.7 Å². The van der Waals surface area contributed by atoms with Crippen molar-refractivity contribution in [3.8, 4) is 11.5 Å². The number of carbonyl (C=O) groups excluding carboxylic acids is 2. The van der Waals surface area contributed by atoms with E-state index in [1.54, 1.807) is 4.90 Å². The molecular formula is C16H19ClN2O4. The van der Waals surface area contributed by atoms with E-state index in [-0.39, 0.29) is 17.9 Å². The molecule has 0 saturated carbocycles. The monoisotopic (exact) mass is 338 g/mol. The van der Waals surface area contributed by atoms with Crippen LogP contribution in [0.25, 0.3) is 0 Å². The summed E-state index contributed by atoms with van der Waals surface area (Å²) in [6.07, 6.45) is 1.33. The highest BCUT2D eigenvalue weighted by Gasteiger charge is 2.32. The predicted octanol–water partition coefficient (Wildman–Crippen LogP) is 1.70. The van der Waals surface area contributed by atoms with E-state index in [9.17, 15) is 9.59 Å². The molecule has 1 saturated heterocycles. The van der Waals surface area contributed by atoms with Gasteiger partial charge < -0.3 is 19.7 Å². The minimum atomic E-state index is -0.168. The highest BCUT2D eigenvalue weighted by molar-refractivity contribution is 6.17. The SMILES string of the molecule is O=C(CCCCl)N[C@H]1CC(=O)N(c2ccc3c(c2)OCCO3)C1. The standard InChI is InChI=1S/C16H19ClN2O4/c17-5-1-2-15(20)18-11-8-16(21)19(10-11)12-3-4-13-14(9-12)23-7-6-22-13/h3-4,9,11H,1-2,5-8,10H2,(H,18,20)/t11-/m0/s1. The number of rotatable bonds is 5. The van der Waals surface area contributed by atoms with Crippen LogP contribution in [-0.2, 0) is 9.59 Å². The Bertz CT molecular complexity index is 608. The molecule has 0 aromatic heterocycles. The number of carbonyl (C=O) groups is 2. The zero-order valence-corrected chi connectivity index (χ0v) is 13.5. The van der Waals surface area contributed by atoms with Gasteiger partial charge in [-0.25, -0.2) is 0 Å². The molecule has 0 radical (unpaired) electrons. The van der Waals surface area contributed by atoms with Crippen molar-refractivity contribution in [3.05, 3.63) is 18.2 Å². The lowest BCUT2D eigenvalue weighted by Gasteiger charge is -2.22. The van der Waals surface area contributed by atoms with Gasteiger partial charge in [0.25, 0.3) is 0 Å². The van der Waals surface area contributed by atoms with Crippen molar-refractivity contribution in [2.45, 2.75) is 25.3 Å². The van der Waals surface area contributed by atoms with Gasteiger partial charge in [-0.3, -0.25) is 9.59 Å². The zero-order chi connectivity index (χ0) is 16.2. The van der Waals surface area contributed by atoms with Crippen molar-refractivity contribution in [1.29, 1.82) is 0 Å². The molecule has 2 aliphatic heterocycles. The molecule has 1 aromatic rings. The second kappa shape index (κ2) is 7.08. The first kappa shape index (κ1) is 15.9. The molecule has 3 rings (SSSR count). The van der Waals surface area contributed by atoms with Gasteiger partial charge in [-0.05, 0) is 18.6 Å². The fraction of sp³-hybridized carbons (Fsp3) is 0.500. The molecule has 2 aliphatic rings. The Labute approximate surface area is 139 Å². The minimum Gasteiger partial charge on any atom is -0.486 e. The molecule has 0 unspecified atom stereocenters. The third kappa shape index (κ3) is 3.69. The lowest BCUT2D eigenvalue weighted by molar-refractivity contribution is -0.121. The third-order valence-electron chi connectivity index (χ3n) is 3.87. The molecule has 2 heterocycles. The summed E-state index contributed by atoms with van der Waals surface area (Å²) in [6.45, 7) is 1.50. The number of hydrogen-bond acceptors (Lipinski definition) is 4. The second-order valence-electron chi connectivity index (χ2n) is 5.59. The van der Waals surface area contributed by atoms with E-state index in [2.05, 4.69) is 5.32 Å². The van der Waals surface area contributed by atoms with Gasteiger partial charge in [0.2, 0.25) is 11.8 Å². The highest BCUT2D eigenvalue weighted by Crippen LogP contribution is 2.35. The van der Waals surface area contributed by atoms with Gasteiger partial charge in [0.15, 0.2) is 11.5 Å². The molecule has 6 nitrogen and oxygen atoms in total. The number of ether oxygens (including phenoxy) is 2. The summed E-state index contributed by atoms with van der Waals surface area (Å²) in [4.78, 5) is 25.7. The Balaban J connectivity index is 1.65. The van der Waals surface area contributed by atoms with Crippen molar-refractivity contribution < 1.29 is 19.1 Å². The lowest BCUT2D eigenvalue weighted by atomic mass is 10.2. The molecular weight excluding hydrogens is 320 g/mol. The van der Waals surface area contributed by atoms with E-state index in [1.807, 2.05) is 18.2 Å². The molecule has 7 heteroatoms. The first-order chi connectivity index (χ1) is 11.2. The van der Waals surface area contributed by atoms with Crippen LogP contribution in [0.4, 0.5) is 5.69 Å². The van der Waals surface area contributed by atoms with Crippen LogP contribution in [-0.4, -0.2) is 43.5 Å². The minimum absolute atomic E-state index is 0.00989. The number of alkyl halides is 1. The average molecular weight is 339 g/mol. The van der Waals surface area contributed by atoms with Crippen molar-refractivity contribution in [3.63, 3.8) is 0 Å². The van der Waals surface area contributed by atoms with E-state index in [0.717, 1.165) is 5.69 Å². The summed E-state index contributed by atoms with van der Waals surface area (Å²) in [7, 11) is 0. The van der Waals surface area contributed by atoms with Crippen LogP contribution in [0.2, 0.25) is 0 Å². The summed E-state index contributed by atoms with van der Waals surface area (Å²) < 4.78 is 11.0. The van der Waals surface area contributed by atoms with Crippen LogP contribution in [0.15, 0.2) is 18.2 Å². The molecule has 1 atom stereocenters. The maximum absolute atomic E-state index is 12.2. The van der Waals surface area contributed by atoms with E-state index in [1.165, 1.54) is 0 Å². The molecule has 1 aromatic carbocycles.